The van der Waals surface area contributed by atoms with E-state index in [-0.39, 0.29) is 23.5 Å². The summed E-state index contributed by atoms with van der Waals surface area (Å²) in [6.07, 6.45) is 2.07. The van der Waals surface area contributed by atoms with Crippen LogP contribution in [0.25, 0.3) is 0 Å². The number of carbonyl (C=O) groups is 1. The number of fused-ring (bicyclic) bond motifs is 1. The number of hydrogen-bond acceptors (Lipinski definition) is 9. The first kappa shape index (κ1) is 21.9. The molecule has 1 saturated heterocycles. The largest absolute Gasteiger partial charge is 0.433 e. The smallest absolute Gasteiger partial charge is 0.387 e. The first-order valence-corrected chi connectivity index (χ1v) is 11.4. The molecular weight excluding hydrogens is 448 g/mol. The summed E-state index contributed by atoms with van der Waals surface area (Å²) in [5.74, 6) is 0.817. The summed E-state index contributed by atoms with van der Waals surface area (Å²) < 4.78 is 34.9. The van der Waals surface area contributed by atoms with E-state index < -0.39 is 18.1 Å². The van der Waals surface area contributed by atoms with Crippen molar-refractivity contribution in [2.45, 2.75) is 38.5 Å². The van der Waals surface area contributed by atoms with Crippen LogP contribution in [0.5, 0.6) is 5.75 Å². The third kappa shape index (κ3) is 4.51. The molecule has 0 spiro atoms. The van der Waals surface area contributed by atoms with Crippen molar-refractivity contribution in [2.24, 2.45) is 16.6 Å². The zero-order valence-corrected chi connectivity index (χ0v) is 18.4. The summed E-state index contributed by atoms with van der Waals surface area (Å²) in [5, 5.41) is 5.68. The number of amides is 1. The van der Waals surface area contributed by atoms with Crippen LogP contribution in [0, 0.1) is 12.8 Å². The molecule has 4 rings (SSSR count). The second-order valence-electron chi connectivity index (χ2n) is 7.45. The number of halogens is 2. The molecule has 0 radical (unpaired) electrons. The highest BCUT2D eigenvalue weighted by molar-refractivity contribution is 8.13. The topological polar surface area (TPSA) is 112 Å². The molecule has 166 valence electrons. The van der Waals surface area contributed by atoms with Gasteiger partial charge in [0.25, 0.3) is 5.91 Å². The molecule has 0 aromatic carbocycles. The molecule has 8 nitrogen and oxygen atoms in total. The minimum Gasteiger partial charge on any atom is -0.433 e. The van der Waals surface area contributed by atoms with Gasteiger partial charge in [-0.1, -0.05) is 11.8 Å². The Morgan fingerprint density at radius 1 is 1.48 bits per heavy atom. The van der Waals surface area contributed by atoms with Crippen molar-refractivity contribution in [3.05, 3.63) is 33.9 Å². The minimum atomic E-state index is -2.96. The van der Waals surface area contributed by atoms with Crippen molar-refractivity contribution in [3.63, 3.8) is 0 Å². The summed E-state index contributed by atoms with van der Waals surface area (Å²) in [6, 6.07) is 1.34. The van der Waals surface area contributed by atoms with Crippen molar-refractivity contribution < 1.29 is 23.0 Å². The number of amidine groups is 1. The third-order valence-electron chi connectivity index (χ3n) is 5.23. The quantitative estimate of drug-likeness (QED) is 0.690. The van der Waals surface area contributed by atoms with Crippen molar-refractivity contribution in [3.8, 4) is 5.75 Å². The normalized spacial score (nSPS) is 25.6. The van der Waals surface area contributed by atoms with E-state index in [0.29, 0.717) is 23.2 Å². The predicted molar refractivity (Wildman–Crippen MR) is 115 cm³/mol. The number of ether oxygens (including phenoxy) is 2. The van der Waals surface area contributed by atoms with Crippen LogP contribution < -0.4 is 15.8 Å². The van der Waals surface area contributed by atoms with E-state index in [4.69, 9.17) is 15.5 Å². The van der Waals surface area contributed by atoms with Gasteiger partial charge >= 0.3 is 6.61 Å². The highest BCUT2D eigenvalue weighted by Crippen LogP contribution is 2.47. The molecule has 31 heavy (non-hydrogen) atoms. The number of nitrogens with zero attached hydrogens (tertiary/aromatic N) is 3. The summed E-state index contributed by atoms with van der Waals surface area (Å²) in [4.78, 5) is 25.9. The van der Waals surface area contributed by atoms with Crippen LogP contribution in [-0.4, -0.2) is 46.1 Å². The highest BCUT2D eigenvalue weighted by Gasteiger charge is 2.49. The number of hydrogen-bond donors (Lipinski definition) is 2. The Morgan fingerprint density at radius 3 is 3.03 bits per heavy atom. The van der Waals surface area contributed by atoms with Crippen molar-refractivity contribution in [2.75, 3.05) is 17.7 Å². The fourth-order valence-electron chi connectivity index (χ4n) is 3.74. The first-order chi connectivity index (χ1) is 14.8. The summed E-state index contributed by atoms with van der Waals surface area (Å²) in [5.41, 5.74) is 5.87. The molecule has 2 aliphatic heterocycles. The number of pyridine rings is 1. The minimum absolute atomic E-state index is 0.0957. The molecule has 2 aliphatic rings. The van der Waals surface area contributed by atoms with Crippen molar-refractivity contribution >= 4 is 40.0 Å². The van der Waals surface area contributed by atoms with E-state index in [1.165, 1.54) is 29.2 Å². The van der Waals surface area contributed by atoms with Crippen LogP contribution in [0.15, 0.2) is 22.6 Å². The Morgan fingerprint density at radius 2 is 2.29 bits per heavy atom. The Balaban J connectivity index is 1.54. The third-order valence-corrected chi connectivity index (χ3v) is 7.20. The van der Waals surface area contributed by atoms with Gasteiger partial charge in [0.2, 0.25) is 0 Å². The van der Waals surface area contributed by atoms with E-state index in [2.05, 4.69) is 20.0 Å². The van der Waals surface area contributed by atoms with Gasteiger partial charge in [0, 0.05) is 17.1 Å². The molecule has 0 saturated carbocycles. The lowest BCUT2D eigenvalue weighted by molar-refractivity contribution is -0.0501. The zero-order chi connectivity index (χ0) is 22.2. The van der Waals surface area contributed by atoms with Gasteiger partial charge < -0.3 is 20.5 Å². The Hall–Kier alpha value is -2.31. The van der Waals surface area contributed by atoms with Gasteiger partial charge in [0.15, 0.2) is 5.17 Å². The number of nitrogens with two attached hydrogens (primary N) is 1. The lowest BCUT2D eigenvalue weighted by Crippen LogP contribution is -2.49. The van der Waals surface area contributed by atoms with E-state index >= 15 is 0 Å². The van der Waals surface area contributed by atoms with Crippen molar-refractivity contribution in [1.29, 1.82) is 0 Å². The predicted octanol–water partition coefficient (Wildman–Crippen LogP) is 3.38. The van der Waals surface area contributed by atoms with Crippen molar-refractivity contribution in [1.82, 2.24) is 9.97 Å². The van der Waals surface area contributed by atoms with E-state index in [9.17, 15) is 13.6 Å². The van der Waals surface area contributed by atoms with Gasteiger partial charge in [0.05, 0.1) is 18.9 Å². The monoisotopic (exact) mass is 469 g/mol. The van der Waals surface area contributed by atoms with Gasteiger partial charge in [0.1, 0.15) is 27.8 Å². The maximum Gasteiger partial charge on any atom is 0.387 e. The number of nitrogens with one attached hydrogen (secondary N) is 1. The molecule has 1 amide bonds. The van der Waals surface area contributed by atoms with Crippen LogP contribution in [0.1, 0.15) is 34.4 Å². The molecule has 3 atom stereocenters. The standard InChI is InChI=1S/C19H21F2N5O3S2/c1-9-3-12(29-17(20)21)5-23-14(9)15(27)24-13-7-30-16(25-13)19-8-28-10(2)4-11(19)6-31-18(22)26-19/h3,5,7,10-11,17H,4,6,8H2,1-2H3,(H2,22,26)(H,24,27). The number of aliphatic imine (C=N–C) groups is 1. The van der Waals surface area contributed by atoms with Gasteiger partial charge in [-0.25, -0.2) is 15.0 Å². The van der Waals surface area contributed by atoms with Crippen LogP contribution >= 0.6 is 23.1 Å². The van der Waals surface area contributed by atoms with E-state index in [1.54, 1.807) is 12.3 Å². The molecule has 0 bridgehead atoms. The number of anilines is 1. The Bertz CT molecular complexity index is 1020. The second-order valence-corrected chi connectivity index (χ2v) is 9.34. The fraction of sp³-hybridized carbons (Fsp3) is 0.474. The van der Waals surface area contributed by atoms with Gasteiger partial charge in [-0.3, -0.25) is 4.79 Å². The molecule has 0 aliphatic carbocycles. The van der Waals surface area contributed by atoms with Gasteiger partial charge in [-0.15, -0.1) is 11.3 Å². The van der Waals surface area contributed by atoms with E-state index in [0.717, 1.165) is 23.4 Å². The maximum absolute atomic E-state index is 12.7. The van der Waals surface area contributed by atoms with Crippen LogP contribution in [0.2, 0.25) is 0 Å². The maximum atomic E-state index is 12.7. The lowest BCUT2D eigenvalue weighted by atomic mass is 9.80. The number of rotatable bonds is 5. The van der Waals surface area contributed by atoms with Crippen LogP contribution in [-0.2, 0) is 10.3 Å². The Kier molecular flexibility index (Phi) is 6.13. The SMILES string of the molecule is Cc1cc(OC(F)F)cnc1C(=O)Nc1csc(C23COC(C)CC2CSC(N)=N3)n1. The number of aryl methyl sites for hydroxylation is 1. The number of alkyl halides is 2. The summed E-state index contributed by atoms with van der Waals surface area (Å²) in [7, 11) is 0. The average molecular weight is 470 g/mol. The van der Waals surface area contributed by atoms with Crippen LogP contribution in [0.4, 0.5) is 14.6 Å². The lowest BCUT2D eigenvalue weighted by Gasteiger charge is -2.44. The Labute approximate surface area is 185 Å². The second kappa shape index (κ2) is 8.67. The van der Waals surface area contributed by atoms with Gasteiger partial charge in [-0.05, 0) is 31.9 Å². The number of aromatic nitrogens is 2. The molecule has 4 heterocycles. The molecule has 3 N–H and O–H groups in total. The van der Waals surface area contributed by atoms with E-state index in [1.807, 2.05) is 6.92 Å². The number of carbonyl (C=O) groups excluding carboxylic acids is 1. The summed E-state index contributed by atoms with van der Waals surface area (Å²) >= 11 is 2.92. The molecule has 12 heteroatoms. The zero-order valence-electron chi connectivity index (χ0n) is 16.8. The molecule has 3 unspecified atom stereocenters. The first-order valence-electron chi connectivity index (χ1n) is 9.55. The molecule has 1 fully saturated rings. The van der Waals surface area contributed by atoms with Gasteiger partial charge in [-0.2, -0.15) is 8.78 Å². The molecule has 2 aromatic heterocycles. The number of thiazole rings is 1. The molecule has 2 aromatic rings. The fourth-order valence-corrected chi connectivity index (χ4v) is 5.71. The molecular formula is C19H21F2N5O3S2. The highest BCUT2D eigenvalue weighted by atomic mass is 32.2. The number of thioether (sulfide) groups is 1. The average Bonchev–Trinajstić information content (AvgIpc) is 3.17. The van der Waals surface area contributed by atoms with Crippen LogP contribution in [0.3, 0.4) is 0 Å². The summed E-state index contributed by atoms with van der Waals surface area (Å²) in [6.45, 7) is 1.05.